The highest BCUT2D eigenvalue weighted by Gasteiger charge is 2.06. The van der Waals surface area contributed by atoms with Gasteiger partial charge in [0.05, 0.1) is 12.2 Å². The smallest absolute Gasteiger partial charge is 0.251 e. The van der Waals surface area contributed by atoms with E-state index < -0.39 is 0 Å². The van der Waals surface area contributed by atoms with Crippen molar-refractivity contribution < 1.29 is 4.79 Å². The lowest BCUT2D eigenvalue weighted by Crippen LogP contribution is -2.41. The van der Waals surface area contributed by atoms with Crippen LogP contribution in [0.25, 0.3) is 0 Å². The fourth-order valence-corrected chi connectivity index (χ4v) is 3.22. The first-order valence-electron chi connectivity index (χ1n) is 8.99. The van der Waals surface area contributed by atoms with Crippen LogP contribution in [0.5, 0.6) is 0 Å². The highest BCUT2D eigenvalue weighted by molar-refractivity contribution is 14.0. The van der Waals surface area contributed by atoms with Crippen LogP contribution in [0.1, 0.15) is 47.7 Å². The van der Waals surface area contributed by atoms with Gasteiger partial charge in [-0.2, -0.15) is 0 Å². The van der Waals surface area contributed by atoms with Crippen LogP contribution >= 0.6 is 46.9 Å². The third kappa shape index (κ3) is 8.32. The van der Waals surface area contributed by atoms with Gasteiger partial charge in [0.1, 0.15) is 5.01 Å². The normalized spacial score (nSPS) is 11.1. The number of hydrogen-bond acceptors (Lipinski definition) is 4. The Morgan fingerprint density at radius 1 is 1.18 bits per heavy atom. The zero-order chi connectivity index (χ0) is 19.6. The zero-order valence-electron chi connectivity index (χ0n) is 16.3. The molecular weight excluding hydrogens is 509 g/mol. The number of benzene rings is 1. The maximum absolute atomic E-state index is 12.1. The molecule has 0 radical (unpaired) electrons. The standard InChI is InChI=1S/C19H26ClN5OS.HI/c1-4-21-19(24-11-17-25-16(12-27-17)13(2)3)23-10-9-22-18(26)14-5-7-15(20)8-6-14;/h5-8,12-13H,4,9-11H2,1-3H3,(H,22,26)(H2,21,23,24);1H. The summed E-state index contributed by atoms with van der Waals surface area (Å²) in [5.41, 5.74) is 1.69. The Hall–Kier alpha value is -1.39. The lowest BCUT2D eigenvalue weighted by Gasteiger charge is -2.11. The molecule has 0 fully saturated rings. The summed E-state index contributed by atoms with van der Waals surface area (Å²) in [5, 5.41) is 13.0. The molecule has 0 atom stereocenters. The number of nitrogens with zero attached hydrogens (tertiary/aromatic N) is 2. The second-order valence-corrected chi connectivity index (χ2v) is 7.58. The molecule has 2 rings (SSSR count). The lowest BCUT2D eigenvalue weighted by atomic mass is 10.2. The number of thiazole rings is 1. The second kappa shape index (κ2) is 12.9. The van der Waals surface area contributed by atoms with Crippen LogP contribution in [-0.4, -0.2) is 36.5 Å². The average molecular weight is 536 g/mol. The van der Waals surface area contributed by atoms with E-state index in [-0.39, 0.29) is 29.9 Å². The molecule has 0 aliphatic heterocycles. The fraction of sp³-hybridized carbons (Fsp3) is 0.421. The summed E-state index contributed by atoms with van der Waals surface area (Å²) in [6.07, 6.45) is 0. The van der Waals surface area contributed by atoms with E-state index in [4.69, 9.17) is 11.6 Å². The van der Waals surface area contributed by atoms with Gasteiger partial charge in [0.15, 0.2) is 5.96 Å². The Labute approximate surface area is 192 Å². The molecule has 1 aromatic heterocycles. The maximum atomic E-state index is 12.1. The van der Waals surface area contributed by atoms with E-state index in [0.29, 0.717) is 42.1 Å². The van der Waals surface area contributed by atoms with E-state index in [1.165, 1.54) is 0 Å². The SMILES string of the molecule is CCNC(=NCc1nc(C(C)C)cs1)NCCNC(=O)c1ccc(Cl)cc1.I. The van der Waals surface area contributed by atoms with Crippen LogP contribution in [0.15, 0.2) is 34.6 Å². The largest absolute Gasteiger partial charge is 0.357 e. The fourth-order valence-electron chi connectivity index (χ4n) is 2.21. The maximum Gasteiger partial charge on any atom is 0.251 e. The van der Waals surface area contributed by atoms with Crippen molar-refractivity contribution in [3.8, 4) is 0 Å². The van der Waals surface area contributed by atoms with Gasteiger partial charge in [0, 0.05) is 35.6 Å². The molecule has 0 unspecified atom stereocenters. The van der Waals surface area contributed by atoms with Gasteiger partial charge in [-0.25, -0.2) is 9.98 Å². The first-order valence-corrected chi connectivity index (χ1v) is 10.3. The monoisotopic (exact) mass is 535 g/mol. The van der Waals surface area contributed by atoms with E-state index in [9.17, 15) is 4.79 Å². The predicted octanol–water partition coefficient (Wildman–Crippen LogP) is 4.02. The van der Waals surface area contributed by atoms with Crippen molar-refractivity contribution in [1.82, 2.24) is 20.9 Å². The minimum Gasteiger partial charge on any atom is -0.357 e. The highest BCUT2D eigenvalue weighted by atomic mass is 127. The van der Waals surface area contributed by atoms with Crippen LogP contribution in [0, 0.1) is 0 Å². The average Bonchev–Trinajstić information content (AvgIpc) is 3.13. The molecule has 9 heteroatoms. The Morgan fingerprint density at radius 3 is 2.46 bits per heavy atom. The molecule has 1 amide bonds. The molecule has 3 N–H and O–H groups in total. The summed E-state index contributed by atoms with van der Waals surface area (Å²) in [4.78, 5) is 21.2. The summed E-state index contributed by atoms with van der Waals surface area (Å²) in [6.45, 7) is 8.63. The minimum atomic E-state index is -0.126. The van der Waals surface area contributed by atoms with Crippen molar-refractivity contribution in [3.05, 3.63) is 50.9 Å². The van der Waals surface area contributed by atoms with Crippen molar-refractivity contribution in [2.75, 3.05) is 19.6 Å². The number of carbonyl (C=O) groups excluding carboxylic acids is 1. The van der Waals surface area contributed by atoms with Crippen LogP contribution < -0.4 is 16.0 Å². The summed E-state index contributed by atoms with van der Waals surface area (Å²) in [6, 6.07) is 6.81. The van der Waals surface area contributed by atoms with Crippen LogP contribution in [-0.2, 0) is 6.54 Å². The van der Waals surface area contributed by atoms with Gasteiger partial charge in [-0.15, -0.1) is 35.3 Å². The van der Waals surface area contributed by atoms with Crippen molar-refractivity contribution in [2.24, 2.45) is 4.99 Å². The van der Waals surface area contributed by atoms with E-state index in [2.05, 4.69) is 45.2 Å². The molecule has 0 saturated carbocycles. The molecule has 1 aromatic carbocycles. The number of carbonyl (C=O) groups is 1. The Kier molecular flexibility index (Phi) is 11.4. The number of nitrogens with one attached hydrogen (secondary N) is 3. The molecule has 1 heterocycles. The molecule has 6 nitrogen and oxygen atoms in total. The van der Waals surface area contributed by atoms with E-state index in [0.717, 1.165) is 17.2 Å². The number of rotatable bonds is 8. The summed E-state index contributed by atoms with van der Waals surface area (Å²) in [7, 11) is 0. The third-order valence-electron chi connectivity index (χ3n) is 3.69. The Bertz CT molecular complexity index is 764. The number of aromatic nitrogens is 1. The van der Waals surface area contributed by atoms with Gasteiger partial charge >= 0.3 is 0 Å². The third-order valence-corrected chi connectivity index (χ3v) is 4.79. The van der Waals surface area contributed by atoms with Crippen LogP contribution in [0.4, 0.5) is 0 Å². The quantitative estimate of drug-likeness (QED) is 0.206. The molecule has 0 bridgehead atoms. The van der Waals surface area contributed by atoms with E-state index in [1.54, 1.807) is 35.6 Å². The summed E-state index contributed by atoms with van der Waals surface area (Å²) < 4.78 is 0. The van der Waals surface area contributed by atoms with Gasteiger partial charge < -0.3 is 16.0 Å². The Balaban J connectivity index is 0.00000392. The molecular formula is C19H27ClIN5OS. The first-order chi connectivity index (χ1) is 13.0. The zero-order valence-corrected chi connectivity index (χ0v) is 20.2. The van der Waals surface area contributed by atoms with Crippen molar-refractivity contribution in [1.29, 1.82) is 0 Å². The topological polar surface area (TPSA) is 78.4 Å². The molecule has 154 valence electrons. The van der Waals surface area contributed by atoms with E-state index in [1.807, 2.05) is 6.92 Å². The second-order valence-electron chi connectivity index (χ2n) is 6.21. The number of halogens is 2. The van der Waals surface area contributed by atoms with Crippen molar-refractivity contribution >= 4 is 58.8 Å². The van der Waals surface area contributed by atoms with Gasteiger partial charge in [0.2, 0.25) is 0 Å². The van der Waals surface area contributed by atoms with Gasteiger partial charge in [-0.05, 0) is 37.1 Å². The first kappa shape index (κ1) is 24.6. The molecule has 28 heavy (non-hydrogen) atoms. The Morgan fingerprint density at radius 2 is 1.86 bits per heavy atom. The molecule has 0 saturated heterocycles. The van der Waals surface area contributed by atoms with Crippen molar-refractivity contribution in [2.45, 2.75) is 33.2 Å². The summed E-state index contributed by atoms with van der Waals surface area (Å²) in [5.74, 6) is 1.01. The van der Waals surface area contributed by atoms with Gasteiger partial charge in [-0.1, -0.05) is 25.4 Å². The van der Waals surface area contributed by atoms with Gasteiger partial charge in [-0.3, -0.25) is 4.79 Å². The molecule has 0 spiro atoms. The summed E-state index contributed by atoms with van der Waals surface area (Å²) >= 11 is 7.46. The molecule has 0 aliphatic carbocycles. The number of hydrogen-bond donors (Lipinski definition) is 3. The number of guanidine groups is 1. The predicted molar refractivity (Wildman–Crippen MR) is 128 cm³/mol. The van der Waals surface area contributed by atoms with Crippen molar-refractivity contribution in [3.63, 3.8) is 0 Å². The number of amides is 1. The molecule has 2 aromatic rings. The minimum absolute atomic E-state index is 0. The lowest BCUT2D eigenvalue weighted by molar-refractivity contribution is 0.0954. The molecule has 0 aliphatic rings. The highest BCUT2D eigenvalue weighted by Crippen LogP contribution is 2.18. The van der Waals surface area contributed by atoms with Crippen LogP contribution in [0.2, 0.25) is 5.02 Å². The van der Waals surface area contributed by atoms with E-state index >= 15 is 0 Å². The van der Waals surface area contributed by atoms with Gasteiger partial charge in [0.25, 0.3) is 5.91 Å². The number of aliphatic imine (C=N–C) groups is 1. The van der Waals surface area contributed by atoms with Crippen LogP contribution in [0.3, 0.4) is 0 Å².